The Morgan fingerprint density at radius 3 is 2.25 bits per heavy atom. The fraction of sp³-hybridized carbons (Fsp3) is 0.837. The molecule has 55 heavy (non-hydrogen) atoms. The first-order chi connectivity index (χ1) is 26.0. The zero-order chi connectivity index (χ0) is 40.6. The Labute approximate surface area is 329 Å². The number of carbonyl (C=O) groups excluding carboxylic acids is 3. The Morgan fingerprint density at radius 1 is 0.927 bits per heavy atom. The average molecular weight is 778 g/mol. The largest absolute Gasteiger partial charge is 0.456 e. The number of ketones is 1. The van der Waals surface area contributed by atoms with Gasteiger partial charge in [-0.25, -0.2) is 4.79 Å². The van der Waals surface area contributed by atoms with Crippen LogP contribution in [0, 0.1) is 29.6 Å². The molecule has 3 N–H and O–H groups in total. The van der Waals surface area contributed by atoms with Gasteiger partial charge in [0.2, 0.25) is 5.91 Å². The van der Waals surface area contributed by atoms with E-state index in [1.165, 1.54) is 4.90 Å². The molecular weight excluding hydrogens is 706 g/mol. The number of hydrogen-bond donors (Lipinski definition) is 3. The summed E-state index contributed by atoms with van der Waals surface area (Å²) < 4.78 is 30.2. The molecule has 0 spiro atoms. The molecule has 3 aliphatic heterocycles. The maximum atomic E-state index is 14.3. The number of nitrogens with zero attached hydrogens (tertiary/aromatic N) is 1. The number of piperidine rings is 1. The van der Waals surface area contributed by atoms with Crippen LogP contribution in [0.3, 0.4) is 0 Å². The molecule has 1 amide bonds. The predicted octanol–water partition coefficient (Wildman–Crippen LogP) is 5.29. The molecule has 14 atom stereocenters. The highest BCUT2D eigenvalue weighted by Gasteiger charge is 2.51. The van der Waals surface area contributed by atoms with E-state index in [2.05, 4.69) is 6.92 Å². The van der Waals surface area contributed by atoms with Crippen molar-refractivity contribution in [3.05, 3.63) is 23.3 Å². The number of allylic oxidation sites excluding steroid dienone is 3. The van der Waals surface area contributed by atoms with Crippen molar-refractivity contribution in [3.8, 4) is 0 Å². The van der Waals surface area contributed by atoms with E-state index in [9.17, 15) is 29.7 Å². The number of hydrogen-bond acceptors (Lipinski definition) is 11. The highest BCUT2D eigenvalue weighted by molar-refractivity contribution is 5.85. The fourth-order valence-corrected chi connectivity index (χ4v) is 9.47. The molecule has 12 nitrogen and oxygen atoms in total. The highest BCUT2D eigenvalue weighted by atomic mass is 16.7. The molecule has 4 rings (SSSR count). The Hall–Kier alpha value is -2.19. The molecular formula is C43H71NO11. The molecule has 3 heterocycles. The molecule has 2 saturated heterocycles. The molecule has 4 aliphatic rings. The third kappa shape index (κ3) is 11.5. The van der Waals surface area contributed by atoms with Gasteiger partial charge in [-0.1, -0.05) is 45.4 Å². The van der Waals surface area contributed by atoms with Gasteiger partial charge >= 0.3 is 5.97 Å². The lowest BCUT2D eigenvalue weighted by Gasteiger charge is -2.48. The Kier molecular flexibility index (Phi) is 16.9. The lowest BCUT2D eigenvalue weighted by atomic mass is 9.81. The minimum atomic E-state index is -1.82. The molecule has 0 aromatic rings. The normalized spacial score (nSPS) is 42.1. The van der Waals surface area contributed by atoms with Gasteiger partial charge in [-0.3, -0.25) is 9.59 Å². The predicted molar refractivity (Wildman–Crippen MR) is 208 cm³/mol. The summed E-state index contributed by atoms with van der Waals surface area (Å²) in [5.74, 6) is -4.20. The Balaban J connectivity index is 1.73. The SMILES string of the molecule is CC[C@@H]1/C=C(\C)C[C@H](C)C[C@H](OC)[C@H]2O[C@@](O)(CC(=O)N3CCCC[C@H]3C(=O)O[C@H](/C(C)=C/[C@@H]3CC[C@@H](O)[C@H](OC)C3)[C@H](C)[C@@H](O)CC1=O)[C@H](C)C[C@@H]2OC. The van der Waals surface area contributed by atoms with Crippen LogP contribution in [-0.4, -0.2) is 120 Å². The first kappa shape index (κ1) is 45.5. The van der Waals surface area contributed by atoms with E-state index in [0.29, 0.717) is 64.3 Å². The van der Waals surface area contributed by atoms with E-state index in [1.54, 1.807) is 28.3 Å². The van der Waals surface area contributed by atoms with Crippen LogP contribution in [0.25, 0.3) is 0 Å². The summed E-state index contributed by atoms with van der Waals surface area (Å²) in [5.41, 5.74) is 1.78. The van der Waals surface area contributed by atoms with Crippen molar-refractivity contribution in [2.45, 2.75) is 173 Å². The standard InChI is InChI=1S/C43H71NO11/c1-10-31-18-25(2)17-26(3)19-37(52-8)41-38(53-9)21-28(5)43(50,55-41)24-39(48)44-16-12-11-13-32(44)42(49)54-40(29(6)34(46)23-35(31)47)27(4)20-30-14-15-33(45)36(22-30)51-7/h18,20,26,28-34,36-38,40-41,45-46,50H,10-17,19,21-24H2,1-9H3/b25-18+,27-20+/t26-,28+,29+,30-,31+,32-,33+,34-,36+,37-,38-,40+,41+,43-/m0/s1. The molecule has 0 radical (unpaired) electrons. The number of esters is 1. The first-order valence-electron chi connectivity index (χ1n) is 20.8. The van der Waals surface area contributed by atoms with Crippen LogP contribution in [0.2, 0.25) is 0 Å². The van der Waals surface area contributed by atoms with E-state index in [1.807, 2.05) is 39.8 Å². The van der Waals surface area contributed by atoms with Crippen molar-refractivity contribution in [2.75, 3.05) is 27.9 Å². The Morgan fingerprint density at radius 2 is 1.60 bits per heavy atom. The van der Waals surface area contributed by atoms with Crippen LogP contribution in [-0.2, 0) is 38.1 Å². The minimum Gasteiger partial charge on any atom is -0.456 e. The Bertz CT molecular complexity index is 1350. The monoisotopic (exact) mass is 778 g/mol. The first-order valence-corrected chi connectivity index (χ1v) is 20.8. The zero-order valence-electron chi connectivity index (χ0n) is 34.9. The quantitative estimate of drug-likeness (QED) is 0.237. The summed E-state index contributed by atoms with van der Waals surface area (Å²) in [6.45, 7) is 11.9. The van der Waals surface area contributed by atoms with Crippen molar-refractivity contribution in [1.82, 2.24) is 4.90 Å². The number of amides is 1. The number of aliphatic hydroxyl groups excluding tert-OH is 2. The molecule has 314 valence electrons. The third-order valence-corrected chi connectivity index (χ3v) is 13.0. The molecule has 0 unspecified atom stereocenters. The second-order valence-electron chi connectivity index (χ2n) is 17.2. The molecule has 2 bridgehead atoms. The number of aliphatic hydroxyl groups is 3. The number of ether oxygens (including phenoxy) is 5. The highest BCUT2D eigenvalue weighted by Crippen LogP contribution is 2.40. The lowest BCUT2D eigenvalue weighted by molar-refractivity contribution is -0.321. The van der Waals surface area contributed by atoms with E-state index in [0.717, 1.165) is 17.6 Å². The summed E-state index contributed by atoms with van der Waals surface area (Å²) in [7, 11) is 4.81. The zero-order valence-corrected chi connectivity index (χ0v) is 34.9. The maximum Gasteiger partial charge on any atom is 0.329 e. The number of cyclic esters (lactones) is 1. The van der Waals surface area contributed by atoms with Gasteiger partial charge in [-0.15, -0.1) is 0 Å². The molecule has 0 aromatic heterocycles. The molecule has 0 aromatic carbocycles. The van der Waals surface area contributed by atoms with Gasteiger partial charge < -0.3 is 43.9 Å². The molecule has 1 aliphatic carbocycles. The van der Waals surface area contributed by atoms with Crippen molar-refractivity contribution >= 4 is 17.7 Å². The van der Waals surface area contributed by atoms with Gasteiger partial charge in [0, 0.05) is 52.0 Å². The molecule has 3 fully saturated rings. The van der Waals surface area contributed by atoms with Crippen molar-refractivity contribution in [2.24, 2.45) is 29.6 Å². The number of fused-ring (bicyclic) bond motifs is 3. The molecule has 12 heteroatoms. The smallest absolute Gasteiger partial charge is 0.329 e. The van der Waals surface area contributed by atoms with Crippen LogP contribution in [0.4, 0.5) is 0 Å². The number of rotatable bonds is 6. The second kappa shape index (κ2) is 20.5. The summed E-state index contributed by atoms with van der Waals surface area (Å²) in [4.78, 5) is 43.8. The van der Waals surface area contributed by atoms with Gasteiger partial charge in [-0.05, 0) is 95.5 Å². The van der Waals surface area contributed by atoms with Gasteiger partial charge in [0.1, 0.15) is 24.0 Å². The third-order valence-electron chi connectivity index (χ3n) is 13.0. The fourth-order valence-electron chi connectivity index (χ4n) is 9.47. The van der Waals surface area contributed by atoms with Gasteiger partial charge in [0.05, 0.1) is 36.9 Å². The molecule has 1 saturated carbocycles. The van der Waals surface area contributed by atoms with E-state index < -0.39 is 72.0 Å². The second-order valence-corrected chi connectivity index (χ2v) is 17.2. The van der Waals surface area contributed by atoms with Gasteiger partial charge in [0.25, 0.3) is 0 Å². The van der Waals surface area contributed by atoms with E-state index in [4.69, 9.17) is 23.7 Å². The van der Waals surface area contributed by atoms with Crippen LogP contribution < -0.4 is 0 Å². The summed E-state index contributed by atoms with van der Waals surface area (Å²) in [5, 5.41) is 34.2. The summed E-state index contributed by atoms with van der Waals surface area (Å²) in [6, 6.07) is -0.894. The number of carbonyl (C=O) groups is 3. The van der Waals surface area contributed by atoms with E-state index in [-0.39, 0.29) is 42.7 Å². The van der Waals surface area contributed by atoms with Crippen LogP contribution >= 0.6 is 0 Å². The lowest BCUT2D eigenvalue weighted by Crippen LogP contribution is -2.59. The van der Waals surface area contributed by atoms with Crippen molar-refractivity contribution < 1.29 is 53.4 Å². The van der Waals surface area contributed by atoms with Crippen LogP contribution in [0.5, 0.6) is 0 Å². The number of Topliss-reactive ketones (excluding diaryl/α,β-unsaturated/α-hetero) is 1. The minimum absolute atomic E-state index is 0.0494. The maximum absolute atomic E-state index is 14.3. The van der Waals surface area contributed by atoms with Gasteiger partial charge in [-0.2, -0.15) is 0 Å². The van der Waals surface area contributed by atoms with Gasteiger partial charge in [0.15, 0.2) is 5.79 Å². The topological polar surface area (TPSA) is 161 Å². The summed E-state index contributed by atoms with van der Waals surface area (Å²) in [6.07, 6.45) is 5.30. The van der Waals surface area contributed by atoms with Crippen LogP contribution in [0.1, 0.15) is 119 Å². The van der Waals surface area contributed by atoms with Crippen molar-refractivity contribution in [3.63, 3.8) is 0 Å². The number of methoxy groups -OCH3 is 3. The van der Waals surface area contributed by atoms with Crippen molar-refractivity contribution in [1.29, 1.82) is 0 Å². The van der Waals surface area contributed by atoms with Crippen LogP contribution in [0.15, 0.2) is 23.3 Å². The average Bonchev–Trinajstić information content (AvgIpc) is 3.15. The summed E-state index contributed by atoms with van der Waals surface area (Å²) >= 11 is 0. The van der Waals surface area contributed by atoms with E-state index >= 15 is 0 Å².